The van der Waals surface area contributed by atoms with E-state index in [9.17, 15) is 4.39 Å². The Labute approximate surface area is 124 Å². The van der Waals surface area contributed by atoms with Crippen LogP contribution in [0.25, 0.3) is 0 Å². The third-order valence-electron chi connectivity index (χ3n) is 3.29. The molecule has 3 nitrogen and oxygen atoms in total. The lowest BCUT2D eigenvalue weighted by atomic mass is 10.0. The molecule has 4 heteroatoms. The van der Waals surface area contributed by atoms with Crippen molar-refractivity contribution in [2.24, 2.45) is 5.73 Å². The summed E-state index contributed by atoms with van der Waals surface area (Å²) in [7, 11) is 1.57. The lowest BCUT2D eigenvalue weighted by Crippen LogP contribution is -2.21. The van der Waals surface area contributed by atoms with Gasteiger partial charge in [0.1, 0.15) is 11.5 Å². The molecular formula is C17H20FNO2. The second-order valence-corrected chi connectivity index (χ2v) is 4.92. The molecule has 1 atom stereocenters. The lowest BCUT2D eigenvalue weighted by molar-refractivity contribution is 0.405. The van der Waals surface area contributed by atoms with Crippen molar-refractivity contribution in [2.75, 3.05) is 7.11 Å². The van der Waals surface area contributed by atoms with Gasteiger partial charge in [0.2, 0.25) is 0 Å². The molecule has 2 aromatic carbocycles. The number of halogens is 1. The van der Waals surface area contributed by atoms with Gasteiger partial charge in [-0.05, 0) is 42.7 Å². The van der Waals surface area contributed by atoms with Crippen molar-refractivity contribution in [1.82, 2.24) is 0 Å². The Morgan fingerprint density at radius 2 is 1.90 bits per heavy atom. The maximum atomic E-state index is 14.1. The van der Waals surface area contributed by atoms with Crippen LogP contribution in [0.3, 0.4) is 0 Å². The molecule has 0 bridgehead atoms. The molecule has 2 rings (SSSR count). The predicted molar refractivity (Wildman–Crippen MR) is 81.4 cm³/mol. The fourth-order valence-electron chi connectivity index (χ4n) is 1.99. The van der Waals surface area contributed by atoms with E-state index in [4.69, 9.17) is 15.2 Å². The van der Waals surface area contributed by atoms with E-state index in [0.717, 1.165) is 12.0 Å². The van der Waals surface area contributed by atoms with Crippen molar-refractivity contribution in [3.05, 3.63) is 53.8 Å². The smallest absolute Gasteiger partial charge is 0.165 e. The second kappa shape index (κ2) is 7.09. The number of ether oxygens (including phenoxy) is 2. The van der Waals surface area contributed by atoms with E-state index in [1.807, 2.05) is 13.0 Å². The number of hydrogen-bond donors (Lipinski definition) is 1. The Bertz CT molecular complexity index is 601. The van der Waals surface area contributed by atoms with E-state index in [0.29, 0.717) is 17.9 Å². The Balaban J connectivity index is 2.13. The van der Waals surface area contributed by atoms with Gasteiger partial charge in [-0.2, -0.15) is 0 Å². The van der Waals surface area contributed by atoms with Crippen LogP contribution in [0.5, 0.6) is 17.2 Å². The molecule has 0 fully saturated rings. The molecule has 0 aliphatic carbocycles. The van der Waals surface area contributed by atoms with Crippen molar-refractivity contribution in [3.8, 4) is 17.2 Å². The first-order chi connectivity index (χ1) is 10.1. The highest BCUT2D eigenvalue weighted by molar-refractivity contribution is 5.38. The minimum atomic E-state index is -0.390. The van der Waals surface area contributed by atoms with Gasteiger partial charge in [0.25, 0.3) is 0 Å². The van der Waals surface area contributed by atoms with E-state index < -0.39 is 5.82 Å². The molecular weight excluding hydrogens is 269 g/mol. The summed E-state index contributed by atoms with van der Waals surface area (Å²) in [6, 6.07) is 12.1. The molecule has 0 heterocycles. The van der Waals surface area contributed by atoms with Crippen molar-refractivity contribution >= 4 is 0 Å². The highest BCUT2D eigenvalue weighted by Crippen LogP contribution is 2.27. The van der Waals surface area contributed by atoms with Crippen LogP contribution in [0.2, 0.25) is 0 Å². The van der Waals surface area contributed by atoms with E-state index >= 15 is 0 Å². The average Bonchev–Trinajstić information content (AvgIpc) is 2.50. The van der Waals surface area contributed by atoms with Crippen LogP contribution < -0.4 is 15.2 Å². The van der Waals surface area contributed by atoms with Crippen molar-refractivity contribution < 1.29 is 13.9 Å². The standard InChI is InChI=1S/C17H20FNO2/c1-3-13(19)9-12-7-8-17(16(18)10-12)21-15-6-4-5-14(11-15)20-2/h4-8,10-11,13H,3,9,19H2,1-2H3. The molecule has 0 aliphatic rings. The van der Waals surface area contributed by atoms with Crippen LogP contribution >= 0.6 is 0 Å². The Morgan fingerprint density at radius 1 is 1.14 bits per heavy atom. The molecule has 0 radical (unpaired) electrons. The third kappa shape index (κ3) is 4.20. The largest absolute Gasteiger partial charge is 0.497 e. The third-order valence-corrected chi connectivity index (χ3v) is 3.29. The van der Waals surface area contributed by atoms with Crippen LogP contribution in [0.1, 0.15) is 18.9 Å². The molecule has 0 amide bonds. The summed E-state index contributed by atoms with van der Waals surface area (Å²) in [6.07, 6.45) is 1.52. The number of rotatable bonds is 6. The molecule has 21 heavy (non-hydrogen) atoms. The number of methoxy groups -OCH3 is 1. The molecule has 1 unspecified atom stereocenters. The lowest BCUT2D eigenvalue weighted by Gasteiger charge is -2.11. The molecule has 0 aromatic heterocycles. The van der Waals surface area contributed by atoms with Gasteiger partial charge >= 0.3 is 0 Å². The minimum Gasteiger partial charge on any atom is -0.497 e. The Kier molecular flexibility index (Phi) is 5.17. The van der Waals surface area contributed by atoms with Crippen LogP contribution in [0.4, 0.5) is 4.39 Å². The number of nitrogens with two attached hydrogens (primary N) is 1. The highest BCUT2D eigenvalue weighted by atomic mass is 19.1. The second-order valence-electron chi connectivity index (χ2n) is 4.92. The van der Waals surface area contributed by atoms with Gasteiger partial charge in [-0.15, -0.1) is 0 Å². The summed E-state index contributed by atoms with van der Waals surface area (Å²) in [5.74, 6) is 1.00. The van der Waals surface area contributed by atoms with Crippen molar-refractivity contribution in [2.45, 2.75) is 25.8 Å². The first kappa shape index (κ1) is 15.3. The Hall–Kier alpha value is -2.07. The molecule has 0 spiro atoms. The fraction of sp³-hybridized carbons (Fsp3) is 0.294. The summed E-state index contributed by atoms with van der Waals surface area (Å²) in [5.41, 5.74) is 6.76. The summed E-state index contributed by atoms with van der Waals surface area (Å²) < 4.78 is 24.7. The zero-order valence-corrected chi connectivity index (χ0v) is 12.3. The summed E-state index contributed by atoms with van der Waals surface area (Å²) in [6.45, 7) is 2.02. The SMILES string of the molecule is CCC(N)Cc1ccc(Oc2cccc(OC)c2)c(F)c1. The predicted octanol–water partition coefficient (Wildman–Crippen LogP) is 3.91. The minimum absolute atomic E-state index is 0.0505. The molecule has 112 valence electrons. The number of hydrogen-bond acceptors (Lipinski definition) is 3. The van der Waals surface area contributed by atoms with Crippen molar-refractivity contribution in [1.29, 1.82) is 0 Å². The van der Waals surface area contributed by atoms with Gasteiger partial charge in [0.15, 0.2) is 11.6 Å². The molecule has 0 saturated carbocycles. The topological polar surface area (TPSA) is 44.5 Å². The molecule has 0 saturated heterocycles. The zero-order valence-electron chi connectivity index (χ0n) is 12.3. The first-order valence-corrected chi connectivity index (χ1v) is 6.98. The van der Waals surface area contributed by atoms with Gasteiger partial charge in [-0.3, -0.25) is 0 Å². The summed E-state index contributed by atoms with van der Waals surface area (Å²) in [5, 5.41) is 0. The quantitative estimate of drug-likeness (QED) is 0.877. The van der Waals surface area contributed by atoms with E-state index in [2.05, 4.69) is 0 Å². The van der Waals surface area contributed by atoms with Gasteiger partial charge in [0, 0.05) is 12.1 Å². The van der Waals surface area contributed by atoms with Gasteiger partial charge in [-0.1, -0.05) is 19.1 Å². The van der Waals surface area contributed by atoms with Crippen LogP contribution in [0, 0.1) is 5.82 Å². The van der Waals surface area contributed by atoms with Gasteiger partial charge in [-0.25, -0.2) is 4.39 Å². The maximum absolute atomic E-state index is 14.1. The summed E-state index contributed by atoms with van der Waals surface area (Å²) >= 11 is 0. The highest BCUT2D eigenvalue weighted by Gasteiger charge is 2.09. The van der Waals surface area contributed by atoms with Crippen LogP contribution in [0.15, 0.2) is 42.5 Å². The number of benzene rings is 2. The van der Waals surface area contributed by atoms with E-state index in [-0.39, 0.29) is 11.8 Å². The fourth-order valence-corrected chi connectivity index (χ4v) is 1.99. The van der Waals surface area contributed by atoms with Crippen molar-refractivity contribution in [3.63, 3.8) is 0 Å². The first-order valence-electron chi connectivity index (χ1n) is 6.98. The van der Waals surface area contributed by atoms with E-state index in [1.165, 1.54) is 6.07 Å². The van der Waals surface area contributed by atoms with Gasteiger partial charge < -0.3 is 15.2 Å². The Morgan fingerprint density at radius 3 is 2.57 bits per heavy atom. The molecule has 2 aromatic rings. The maximum Gasteiger partial charge on any atom is 0.165 e. The zero-order chi connectivity index (χ0) is 15.2. The van der Waals surface area contributed by atoms with Gasteiger partial charge in [0.05, 0.1) is 7.11 Å². The normalized spacial score (nSPS) is 12.0. The van der Waals surface area contributed by atoms with E-state index in [1.54, 1.807) is 37.4 Å². The summed E-state index contributed by atoms with van der Waals surface area (Å²) in [4.78, 5) is 0. The molecule has 0 aliphatic heterocycles. The monoisotopic (exact) mass is 289 g/mol. The van der Waals surface area contributed by atoms with Crippen LogP contribution in [-0.2, 0) is 6.42 Å². The van der Waals surface area contributed by atoms with Crippen LogP contribution in [-0.4, -0.2) is 13.2 Å². The average molecular weight is 289 g/mol. The molecule has 2 N–H and O–H groups in total.